The number of carboxylic acids is 1. The summed E-state index contributed by atoms with van der Waals surface area (Å²) >= 11 is 1.56. The molecule has 1 aromatic carbocycles. The van der Waals surface area contributed by atoms with Gasteiger partial charge in [0.2, 0.25) is 0 Å². The molecule has 2 amide bonds. The lowest BCUT2D eigenvalue weighted by Crippen LogP contribution is -2.50. The Morgan fingerprint density at radius 3 is 2.77 bits per heavy atom. The summed E-state index contributed by atoms with van der Waals surface area (Å²) in [4.78, 5) is 29.9. The van der Waals surface area contributed by atoms with Gasteiger partial charge in [0.05, 0.1) is 0 Å². The number of oxazole rings is 1. The summed E-state index contributed by atoms with van der Waals surface area (Å²) in [5, 5.41) is 11.9. The SMILES string of the molecule is CSCC[C@H](NC(=O)N1CCC(c2nc3ccccc3o2)CC1)C(=O)O. The molecule has 0 spiro atoms. The van der Waals surface area contributed by atoms with E-state index in [9.17, 15) is 14.7 Å². The number of piperidine rings is 1. The highest BCUT2D eigenvalue weighted by Crippen LogP contribution is 2.29. The van der Waals surface area contributed by atoms with Gasteiger partial charge in [-0.05, 0) is 43.4 Å². The number of carbonyl (C=O) groups is 2. The molecule has 2 aromatic rings. The van der Waals surface area contributed by atoms with Gasteiger partial charge in [-0.15, -0.1) is 0 Å². The summed E-state index contributed by atoms with van der Waals surface area (Å²) in [6, 6.07) is 6.51. The first-order chi connectivity index (χ1) is 12.6. The van der Waals surface area contributed by atoms with E-state index in [0.29, 0.717) is 25.3 Å². The average molecular weight is 377 g/mol. The number of thioether (sulfide) groups is 1. The topological polar surface area (TPSA) is 95.7 Å². The molecule has 26 heavy (non-hydrogen) atoms. The monoisotopic (exact) mass is 377 g/mol. The standard InChI is InChI=1S/C18H23N3O4S/c1-26-11-8-14(17(22)23)20-18(24)21-9-6-12(7-10-21)16-19-13-4-2-3-5-15(13)25-16/h2-5,12,14H,6-11H2,1H3,(H,20,24)(H,22,23)/t14-/m0/s1. The van der Waals surface area contributed by atoms with E-state index in [4.69, 9.17) is 4.42 Å². The zero-order chi connectivity index (χ0) is 18.5. The van der Waals surface area contributed by atoms with Gasteiger partial charge in [0.25, 0.3) is 0 Å². The lowest BCUT2D eigenvalue weighted by Gasteiger charge is -2.31. The van der Waals surface area contributed by atoms with Crippen LogP contribution in [-0.2, 0) is 4.79 Å². The number of carboxylic acid groups (broad SMARTS) is 1. The zero-order valence-electron chi connectivity index (χ0n) is 14.7. The molecule has 140 valence electrons. The molecule has 0 unspecified atom stereocenters. The summed E-state index contributed by atoms with van der Waals surface area (Å²) in [6.45, 7) is 1.12. The summed E-state index contributed by atoms with van der Waals surface area (Å²) in [5.41, 5.74) is 1.63. The number of urea groups is 1. The quantitative estimate of drug-likeness (QED) is 0.804. The van der Waals surface area contributed by atoms with E-state index < -0.39 is 12.0 Å². The van der Waals surface area contributed by atoms with Gasteiger partial charge in [-0.3, -0.25) is 0 Å². The molecule has 1 saturated heterocycles. The van der Waals surface area contributed by atoms with E-state index in [-0.39, 0.29) is 11.9 Å². The van der Waals surface area contributed by atoms with E-state index in [0.717, 1.165) is 29.8 Å². The first-order valence-corrected chi connectivity index (χ1v) is 10.1. The molecule has 1 atom stereocenters. The van der Waals surface area contributed by atoms with Gasteiger partial charge in [0.1, 0.15) is 11.6 Å². The molecule has 1 aromatic heterocycles. The van der Waals surface area contributed by atoms with E-state index in [1.54, 1.807) is 16.7 Å². The fraction of sp³-hybridized carbons (Fsp3) is 0.500. The first-order valence-electron chi connectivity index (χ1n) is 8.71. The summed E-state index contributed by atoms with van der Waals surface area (Å²) < 4.78 is 5.83. The van der Waals surface area contributed by atoms with Crippen LogP contribution in [0.5, 0.6) is 0 Å². The van der Waals surface area contributed by atoms with Gasteiger partial charge in [-0.25, -0.2) is 14.6 Å². The van der Waals surface area contributed by atoms with Crippen LogP contribution in [0.25, 0.3) is 11.1 Å². The van der Waals surface area contributed by atoms with Gasteiger partial charge in [-0.1, -0.05) is 12.1 Å². The number of hydrogen-bond acceptors (Lipinski definition) is 5. The molecule has 2 heterocycles. The second-order valence-electron chi connectivity index (χ2n) is 6.40. The van der Waals surface area contributed by atoms with Crippen LogP contribution in [-0.4, -0.2) is 58.1 Å². The summed E-state index contributed by atoms with van der Waals surface area (Å²) in [6.07, 6.45) is 3.84. The van der Waals surface area contributed by atoms with Crippen LogP contribution in [0.2, 0.25) is 0 Å². The minimum Gasteiger partial charge on any atom is -0.480 e. The number of likely N-dealkylation sites (tertiary alicyclic amines) is 1. The molecule has 0 saturated carbocycles. The molecule has 3 rings (SSSR count). The van der Waals surface area contributed by atoms with Crippen molar-refractivity contribution < 1.29 is 19.1 Å². The maximum absolute atomic E-state index is 12.4. The van der Waals surface area contributed by atoms with Crippen LogP contribution in [0.1, 0.15) is 31.1 Å². The second-order valence-corrected chi connectivity index (χ2v) is 7.39. The van der Waals surface area contributed by atoms with Crippen LogP contribution < -0.4 is 5.32 Å². The largest absolute Gasteiger partial charge is 0.480 e. The van der Waals surface area contributed by atoms with Crippen molar-refractivity contribution in [3.05, 3.63) is 30.2 Å². The third kappa shape index (κ3) is 4.30. The highest BCUT2D eigenvalue weighted by Gasteiger charge is 2.29. The third-order valence-electron chi connectivity index (χ3n) is 4.65. The van der Waals surface area contributed by atoms with Crippen molar-refractivity contribution in [2.45, 2.75) is 31.2 Å². The van der Waals surface area contributed by atoms with Crippen LogP contribution >= 0.6 is 11.8 Å². The van der Waals surface area contributed by atoms with Gasteiger partial charge >= 0.3 is 12.0 Å². The van der Waals surface area contributed by atoms with E-state index in [1.807, 2.05) is 30.5 Å². The fourth-order valence-corrected chi connectivity index (χ4v) is 3.60. The Bertz CT molecular complexity index is 738. The lowest BCUT2D eigenvalue weighted by atomic mass is 9.97. The van der Waals surface area contributed by atoms with Crippen molar-refractivity contribution in [3.63, 3.8) is 0 Å². The number of rotatable bonds is 6. The normalized spacial score (nSPS) is 16.6. The molecule has 8 heteroatoms. The number of aliphatic carboxylic acids is 1. The van der Waals surface area contributed by atoms with Crippen LogP contribution in [0.4, 0.5) is 4.79 Å². The van der Waals surface area contributed by atoms with Crippen molar-refractivity contribution >= 4 is 34.9 Å². The molecule has 1 aliphatic heterocycles. The summed E-state index contributed by atoms with van der Waals surface area (Å²) in [7, 11) is 0. The number of nitrogens with one attached hydrogen (secondary N) is 1. The zero-order valence-corrected chi connectivity index (χ0v) is 15.5. The Balaban J connectivity index is 1.55. The van der Waals surface area contributed by atoms with E-state index in [1.165, 1.54) is 0 Å². The predicted molar refractivity (Wildman–Crippen MR) is 101 cm³/mol. The molecule has 1 fully saturated rings. The number of hydrogen-bond donors (Lipinski definition) is 2. The molecule has 0 aliphatic carbocycles. The third-order valence-corrected chi connectivity index (χ3v) is 5.29. The van der Waals surface area contributed by atoms with Gasteiger partial charge < -0.3 is 19.7 Å². The molecular formula is C18H23N3O4S. The highest BCUT2D eigenvalue weighted by atomic mass is 32.2. The Morgan fingerprint density at radius 2 is 2.12 bits per heavy atom. The summed E-state index contributed by atoms with van der Waals surface area (Å²) in [5.74, 6) is 0.596. The lowest BCUT2D eigenvalue weighted by molar-refractivity contribution is -0.139. The van der Waals surface area contributed by atoms with Crippen molar-refractivity contribution in [1.82, 2.24) is 15.2 Å². The van der Waals surface area contributed by atoms with Gasteiger partial charge in [0, 0.05) is 19.0 Å². The maximum Gasteiger partial charge on any atom is 0.326 e. The second kappa shape index (κ2) is 8.44. The van der Waals surface area contributed by atoms with Gasteiger partial charge in [0.15, 0.2) is 11.5 Å². The fourth-order valence-electron chi connectivity index (χ4n) is 3.13. The van der Waals surface area contributed by atoms with Crippen LogP contribution in [0.15, 0.2) is 28.7 Å². The Labute approximate surface area is 156 Å². The van der Waals surface area contributed by atoms with Crippen molar-refractivity contribution in [1.29, 1.82) is 0 Å². The number of benzene rings is 1. The number of nitrogens with zero attached hydrogens (tertiary/aromatic N) is 2. The molecular weight excluding hydrogens is 354 g/mol. The Kier molecular flexibility index (Phi) is 6.03. The molecule has 0 radical (unpaired) electrons. The van der Waals surface area contributed by atoms with Gasteiger partial charge in [-0.2, -0.15) is 11.8 Å². The predicted octanol–water partition coefficient (Wildman–Crippen LogP) is 2.92. The van der Waals surface area contributed by atoms with Crippen LogP contribution in [0, 0.1) is 0 Å². The number of amides is 2. The minimum atomic E-state index is -0.992. The Hall–Kier alpha value is -2.22. The number of para-hydroxylation sites is 2. The van der Waals surface area contributed by atoms with E-state index >= 15 is 0 Å². The van der Waals surface area contributed by atoms with Crippen molar-refractivity contribution in [2.75, 3.05) is 25.1 Å². The van der Waals surface area contributed by atoms with Crippen LogP contribution in [0.3, 0.4) is 0 Å². The van der Waals surface area contributed by atoms with Crippen molar-refractivity contribution in [2.24, 2.45) is 0 Å². The number of carbonyl (C=O) groups excluding carboxylic acids is 1. The van der Waals surface area contributed by atoms with Crippen molar-refractivity contribution in [3.8, 4) is 0 Å². The average Bonchev–Trinajstić information content (AvgIpc) is 3.09. The molecule has 2 N–H and O–H groups in total. The maximum atomic E-state index is 12.4. The van der Waals surface area contributed by atoms with E-state index in [2.05, 4.69) is 10.3 Å². The number of fused-ring (bicyclic) bond motifs is 1. The highest BCUT2D eigenvalue weighted by molar-refractivity contribution is 7.98. The smallest absolute Gasteiger partial charge is 0.326 e. The number of aromatic nitrogens is 1. The first kappa shape index (κ1) is 18.6. The minimum absolute atomic E-state index is 0.179. The molecule has 7 nitrogen and oxygen atoms in total. The molecule has 1 aliphatic rings. The molecule has 0 bridgehead atoms. The Morgan fingerprint density at radius 1 is 1.38 bits per heavy atom.